The van der Waals surface area contributed by atoms with Crippen LogP contribution in [0.4, 0.5) is 10.2 Å². The number of nitrogens with one attached hydrogen (secondary N) is 2. The summed E-state index contributed by atoms with van der Waals surface area (Å²) in [4.78, 5) is 30.6. The Morgan fingerprint density at radius 1 is 1.32 bits per heavy atom. The van der Waals surface area contributed by atoms with Crippen LogP contribution >= 0.6 is 0 Å². The van der Waals surface area contributed by atoms with E-state index in [0.717, 1.165) is 19.4 Å². The average molecular weight is 459 g/mol. The average Bonchev–Trinajstić information content (AvgIpc) is 3.45. The maximum Gasteiger partial charge on any atom is 0.255 e. The van der Waals surface area contributed by atoms with E-state index >= 15 is 0 Å². The Bertz CT molecular complexity index is 1340. The van der Waals surface area contributed by atoms with E-state index in [9.17, 15) is 19.2 Å². The monoisotopic (exact) mass is 459 g/mol. The summed E-state index contributed by atoms with van der Waals surface area (Å²) in [5, 5.41) is 19.9. The first-order valence-electron chi connectivity index (χ1n) is 11.0. The van der Waals surface area contributed by atoms with E-state index in [1.165, 1.54) is 25.1 Å². The highest BCUT2D eigenvalue weighted by Gasteiger charge is 2.29. The summed E-state index contributed by atoms with van der Waals surface area (Å²) in [6, 6.07) is 9.79. The van der Waals surface area contributed by atoms with Gasteiger partial charge in [0.05, 0.1) is 46.4 Å². The Kier molecular flexibility index (Phi) is 5.45. The first-order valence-corrected chi connectivity index (χ1v) is 11.0. The lowest BCUT2D eigenvalue weighted by atomic mass is 10.0. The molecule has 2 aliphatic rings. The van der Waals surface area contributed by atoms with Crippen molar-refractivity contribution < 1.29 is 14.0 Å². The molecule has 4 heterocycles. The Balaban J connectivity index is 1.55. The number of carbonyl (C=O) groups is 2. The first-order chi connectivity index (χ1) is 16.4. The smallest absolute Gasteiger partial charge is 0.255 e. The summed E-state index contributed by atoms with van der Waals surface area (Å²) in [5.41, 5.74) is 1.84. The van der Waals surface area contributed by atoms with Gasteiger partial charge in [0.2, 0.25) is 5.91 Å². The van der Waals surface area contributed by atoms with Crippen LogP contribution < -0.4 is 15.5 Å². The molecular formula is C24H22FN7O2. The Morgan fingerprint density at radius 2 is 2.18 bits per heavy atom. The van der Waals surface area contributed by atoms with Crippen LogP contribution in [0.1, 0.15) is 41.4 Å². The molecule has 2 aliphatic heterocycles. The van der Waals surface area contributed by atoms with E-state index in [0.29, 0.717) is 29.3 Å². The second-order valence-corrected chi connectivity index (χ2v) is 8.41. The van der Waals surface area contributed by atoms with Crippen LogP contribution in [0.5, 0.6) is 0 Å². The number of piperidine rings is 1. The zero-order valence-electron chi connectivity index (χ0n) is 18.5. The van der Waals surface area contributed by atoms with Gasteiger partial charge in [0.15, 0.2) is 5.82 Å². The molecule has 2 N–H and O–H groups in total. The zero-order chi connectivity index (χ0) is 23.8. The Morgan fingerprint density at radius 3 is 2.97 bits per heavy atom. The summed E-state index contributed by atoms with van der Waals surface area (Å²) in [6.45, 7) is 3.16. The largest absolute Gasteiger partial charge is 0.353 e. The molecule has 0 bridgehead atoms. The van der Waals surface area contributed by atoms with E-state index < -0.39 is 5.82 Å². The van der Waals surface area contributed by atoms with Gasteiger partial charge in [-0.15, -0.1) is 0 Å². The minimum Gasteiger partial charge on any atom is -0.353 e. The third-order valence-electron chi connectivity index (χ3n) is 6.08. The molecule has 2 aromatic heterocycles. The topological polar surface area (TPSA) is 116 Å². The van der Waals surface area contributed by atoms with Gasteiger partial charge in [-0.3, -0.25) is 9.59 Å². The third-order valence-corrected chi connectivity index (χ3v) is 6.08. The number of aromatic nitrogens is 3. The van der Waals surface area contributed by atoms with Gasteiger partial charge in [-0.1, -0.05) is 6.07 Å². The number of rotatable bonds is 4. The molecule has 5 rings (SSSR count). The second-order valence-electron chi connectivity index (χ2n) is 8.41. The molecule has 1 aromatic carbocycles. The van der Waals surface area contributed by atoms with Crippen molar-refractivity contribution in [2.24, 2.45) is 0 Å². The number of nitrogens with zero attached hydrogens (tertiary/aromatic N) is 5. The zero-order valence-corrected chi connectivity index (χ0v) is 18.5. The van der Waals surface area contributed by atoms with Crippen molar-refractivity contribution in [1.29, 1.82) is 5.26 Å². The highest BCUT2D eigenvalue weighted by atomic mass is 19.1. The number of fused-ring (bicyclic) bond motifs is 1. The number of halogens is 1. The normalized spacial score (nSPS) is 17.1. The van der Waals surface area contributed by atoms with Crippen molar-refractivity contribution in [2.75, 3.05) is 18.0 Å². The molecule has 0 radical (unpaired) electrons. The summed E-state index contributed by atoms with van der Waals surface area (Å²) < 4.78 is 16.3. The van der Waals surface area contributed by atoms with E-state index in [1.54, 1.807) is 16.9 Å². The minimum absolute atomic E-state index is 0.0458. The van der Waals surface area contributed by atoms with E-state index in [1.807, 2.05) is 12.1 Å². The number of carbonyl (C=O) groups excluding carboxylic acids is 2. The fourth-order valence-corrected chi connectivity index (χ4v) is 4.60. The van der Waals surface area contributed by atoms with E-state index in [-0.39, 0.29) is 41.2 Å². The van der Waals surface area contributed by atoms with Crippen molar-refractivity contribution in [3.05, 3.63) is 59.2 Å². The lowest BCUT2D eigenvalue weighted by Gasteiger charge is -2.33. The molecule has 0 saturated carbocycles. The SMILES string of the molecule is CC(=O)N[C@@H]1CCCN(c2ccn(-c3cc(-c4c(F)cccc4C#N)nc4c3C(=O)NC4)n2)C1. The second kappa shape index (κ2) is 8.59. The van der Waals surface area contributed by atoms with Crippen LogP contribution in [-0.4, -0.2) is 45.7 Å². The van der Waals surface area contributed by atoms with E-state index in [2.05, 4.69) is 20.5 Å². The molecule has 172 valence electrons. The molecule has 34 heavy (non-hydrogen) atoms. The first kappa shape index (κ1) is 21.6. The van der Waals surface area contributed by atoms with Gasteiger partial charge in [0.1, 0.15) is 5.82 Å². The number of hydrogen-bond donors (Lipinski definition) is 2. The van der Waals surface area contributed by atoms with Gasteiger partial charge in [-0.25, -0.2) is 14.1 Å². The van der Waals surface area contributed by atoms with Crippen LogP contribution in [0.25, 0.3) is 16.9 Å². The molecule has 0 unspecified atom stereocenters. The van der Waals surface area contributed by atoms with Gasteiger partial charge in [0, 0.05) is 38.3 Å². The quantitative estimate of drug-likeness (QED) is 0.619. The van der Waals surface area contributed by atoms with Gasteiger partial charge >= 0.3 is 0 Å². The minimum atomic E-state index is -0.562. The Hall–Kier alpha value is -4.26. The summed E-state index contributed by atoms with van der Waals surface area (Å²) in [5.74, 6) is -0.190. The number of anilines is 1. The predicted molar refractivity (Wildman–Crippen MR) is 122 cm³/mol. The summed E-state index contributed by atoms with van der Waals surface area (Å²) >= 11 is 0. The molecule has 10 heteroatoms. The van der Waals surface area contributed by atoms with Crippen molar-refractivity contribution in [3.8, 4) is 23.0 Å². The van der Waals surface area contributed by atoms with Gasteiger partial charge in [-0.05, 0) is 31.0 Å². The molecule has 2 amide bonds. The fraction of sp³-hybridized carbons (Fsp3) is 0.292. The number of hydrogen-bond acceptors (Lipinski definition) is 6. The van der Waals surface area contributed by atoms with Crippen molar-refractivity contribution in [1.82, 2.24) is 25.4 Å². The number of nitriles is 1. The number of pyridine rings is 1. The van der Waals surface area contributed by atoms with Gasteiger partial charge in [-0.2, -0.15) is 10.4 Å². The van der Waals surface area contributed by atoms with Crippen LogP contribution in [0, 0.1) is 17.1 Å². The predicted octanol–water partition coefficient (Wildman–Crippen LogP) is 2.29. The van der Waals surface area contributed by atoms with Crippen molar-refractivity contribution >= 4 is 17.6 Å². The van der Waals surface area contributed by atoms with Crippen LogP contribution in [0.2, 0.25) is 0 Å². The van der Waals surface area contributed by atoms with Gasteiger partial charge in [0.25, 0.3) is 5.91 Å². The highest BCUT2D eigenvalue weighted by molar-refractivity contribution is 6.01. The highest BCUT2D eigenvalue weighted by Crippen LogP contribution is 2.31. The van der Waals surface area contributed by atoms with Crippen LogP contribution in [0.15, 0.2) is 36.5 Å². The standard InChI is InChI=1S/C24H22FN7O2/c1-14(33)28-16-5-3-8-31(13-16)21-7-9-32(30-21)20-10-18(29-19-12-27-24(34)23(19)20)22-15(11-26)4-2-6-17(22)25/h2,4,6-7,9-10,16H,3,5,8,12-13H2,1H3,(H,27,34)(H,28,33)/t16-/m1/s1. The molecule has 1 atom stereocenters. The van der Waals surface area contributed by atoms with Crippen LogP contribution in [0.3, 0.4) is 0 Å². The van der Waals surface area contributed by atoms with Gasteiger partial charge < -0.3 is 15.5 Å². The molecule has 1 saturated heterocycles. The van der Waals surface area contributed by atoms with E-state index in [4.69, 9.17) is 5.10 Å². The molecular weight excluding hydrogens is 437 g/mol. The molecule has 0 spiro atoms. The molecule has 3 aromatic rings. The third kappa shape index (κ3) is 3.85. The Labute approximate surface area is 195 Å². The van der Waals surface area contributed by atoms with Crippen molar-refractivity contribution in [3.63, 3.8) is 0 Å². The lowest BCUT2D eigenvalue weighted by molar-refractivity contribution is -0.119. The fourth-order valence-electron chi connectivity index (χ4n) is 4.60. The maximum atomic E-state index is 14.7. The van der Waals surface area contributed by atoms with Crippen molar-refractivity contribution in [2.45, 2.75) is 32.4 Å². The summed E-state index contributed by atoms with van der Waals surface area (Å²) in [6.07, 6.45) is 3.57. The molecule has 0 aliphatic carbocycles. The lowest BCUT2D eigenvalue weighted by Crippen LogP contribution is -2.47. The maximum absolute atomic E-state index is 14.7. The number of amides is 2. The van der Waals surface area contributed by atoms with Crippen LogP contribution in [-0.2, 0) is 11.3 Å². The molecule has 9 nitrogen and oxygen atoms in total. The number of benzene rings is 1. The summed E-state index contributed by atoms with van der Waals surface area (Å²) in [7, 11) is 0. The molecule has 1 fully saturated rings.